The molecule has 5 heteroatoms. The van der Waals surface area contributed by atoms with Gasteiger partial charge in [-0.15, -0.1) is 0 Å². The maximum absolute atomic E-state index is 9.08. The molecule has 0 aliphatic carbocycles. The fraction of sp³-hybridized carbons (Fsp3) is 0.385. The van der Waals surface area contributed by atoms with E-state index in [-0.39, 0.29) is 6.10 Å². The highest BCUT2D eigenvalue weighted by Crippen LogP contribution is 2.10. The molecule has 18 heavy (non-hydrogen) atoms. The van der Waals surface area contributed by atoms with Gasteiger partial charge < -0.3 is 15.7 Å². The Bertz CT molecular complexity index is 501. The first-order valence-corrected chi connectivity index (χ1v) is 6.10. The second-order valence-corrected chi connectivity index (χ2v) is 4.22. The molecular formula is C13H18N4O. The van der Waals surface area contributed by atoms with Gasteiger partial charge in [0, 0.05) is 19.6 Å². The molecular weight excluding hydrogens is 228 g/mol. The van der Waals surface area contributed by atoms with Crippen LogP contribution in [0.2, 0.25) is 0 Å². The highest BCUT2D eigenvalue weighted by molar-refractivity contribution is 5.75. The van der Waals surface area contributed by atoms with Crippen molar-refractivity contribution < 1.29 is 5.11 Å². The molecule has 5 nitrogen and oxygen atoms in total. The van der Waals surface area contributed by atoms with Crippen molar-refractivity contribution in [3.63, 3.8) is 0 Å². The number of aromatic nitrogens is 2. The van der Waals surface area contributed by atoms with Crippen LogP contribution >= 0.6 is 0 Å². The van der Waals surface area contributed by atoms with Gasteiger partial charge >= 0.3 is 0 Å². The molecule has 1 atom stereocenters. The summed E-state index contributed by atoms with van der Waals surface area (Å²) in [6.45, 7) is 3.89. The average molecular weight is 246 g/mol. The number of para-hydroxylation sites is 2. The van der Waals surface area contributed by atoms with Crippen LogP contribution in [0.3, 0.4) is 0 Å². The number of hydrogen-bond donors (Lipinski definition) is 3. The van der Waals surface area contributed by atoms with Crippen molar-refractivity contribution in [3.05, 3.63) is 30.5 Å². The quantitative estimate of drug-likeness (QED) is 0.664. The van der Waals surface area contributed by atoms with Crippen molar-refractivity contribution in [3.8, 4) is 0 Å². The summed E-state index contributed by atoms with van der Waals surface area (Å²) in [6.07, 6.45) is 1.42. The van der Waals surface area contributed by atoms with E-state index in [0.29, 0.717) is 6.54 Å². The van der Waals surface area contributed by atoms with Crippen molar-refractivity contribution in [2.45, 2.75) is 13.0 Å². The largest absolute Gasteiger partial charge is 0.392 e. The first-order valence-electron chi connectivity index (χ1n) is 6.10. The van der Waals surface area contributed by atoms with Crippen LogP contribution in [-0.2, 0) is 0 Å². The Balaban J connectivity index is 1.84. The van der Waals surface area contributed by atoms with Crippen molar-refractivity contribution in [2.24, 2.45) is 0 Å². The molecule has 1 aromatic carbocycles. The Labute approximate surface area is 106 Å². The molecule has 0 radical (unpaired) electrons. The number of aliphatic hydroxyl groups is 1. The Hall–Kier alpha value is -1.72. The minimum absolute atomic E-state index is 0.314. The van der Waals surface area contributed by atoms with Crippen LogP contribution in [-0.4, -0.2) is 40.8 Å². The SMILES string of the molecule is CC(O)CNCCNc1cnc2ccccc2n1. The van der Waals surface area contributed by atoms with E-state index in [9.17, 15) is 0 Å². The Morgan fingerprint density at radius 3 is 2.78 bits per heavy atom. The second kappa shape index (κ2) is 6.28. The van der Waals surface area contributed by atoms with Gasteiger partial charge in [0.15, 0.2) is 0 Å². The number of benzene rings is 1. The van der Waals surface area contributed by atoms with Gasteiger partial charge in [0.2, 0.25) is 0 Å². The molecule has 0 bridgehead atoms. The standard InChI is InChI=1S/C13H18N4O/c1-10(18)8-14-6-7-15-13-9-16-11-4-2-3-5-12(11)17-13/h2-5,9-10,14,18H,6-8H2,1H3,(H,15,17). The van der Waals surface area contributed by atoms with Crippen LogP contribution in [0.1, 0.15) is 6.92 Å². The molecule has 1 unspecified atom stereocenters. The highest BCUT2D eigenvalue weighted by atomic mass is 16.3. The van der Waals surface area contributed by atoms with Crippen molar-refractivity contribution in [1.29, 1.82) is 0 Å². The van der Waals surface area contributed by atoms with Crippen molar-refractivity contribution in [1.82, 2.24) is 15.3 Å². The van der Waals surface area contributed by atoms with Gasteiger partial charge in [-0.3, -0.25) is 4.98 Å². The van der Waals surface area contributed by atoms with E-state index in [4.69, 9.17) is 5.11 Å². The monoisotopic (exact) mass is 246 g/mol. The number of rotatable bonds is 6. The van der Waals surface area contributed by atoms with Gasteiger partial charge in [-0.05, 0) is 19.1 Å². The zero-order valence-corrected chi connectivity index (χ0v) is 10.4. The van der Waals surface area contributed by atoms with E-state index in [2.05, 4.69) is 20.6 Å². The smallest absolute Gasteiger partial charge is 0.145 e. The fourth-order valence-corrected chi connectivity index (χ4v) is 1.63. The molecule has 2 rings (SSSR count). The van der Waals surface area contributed by atoms with Gasteiger partial charge in [-0.25, -0.2) is 4.98 Å². The zero-order valence-electron chi connectivity index (χ0n) is 10.4. The van der Waals surface area contributed by atoms with Gasteiger partial charge in [-0.1, -0.05) is 12.1 Å². The molecule has 96 valence electrons. The van der Waals surface area contributed by atoms with E-state index >= 15 is 0 Å². The van der Waals surface area contributed by atoms with Gasteiger partial charge in [0.1, 0.15) is 5.82 Å². The first kappa shape index (κ1) is 12.7. The number of nitrogens with zero attached hydrogens (tertiary/aromatic N) is 2. The Morgan fingerprint density at radius 1 is 1.22 bits per heavy atom. The molecule has 0 saturated heterocycles. The van der Waals surface area contributed by atoms with E-state index in [1.165, 1.54) is 0 Å². The minimum Gasteiger partial charge on any atom is -0.392 e. The van der Waals surface area contributed by atoms with E-state index in [1.807, 2.05) is 24.3 Å². The third-order valence-corrected chi connectivity index (χ3v) is 2.50. The maximum Gasteiger partial charge on any atom is 0.145 e. The lowest BCUT2D eigenvalue weighted by atomic mass is 10.3. The third kappa shape index (κ3) is 3.65. The number of nitrogens with one attached hydrogen (secondary N) is 2. The van der Waals surface area contributed by atoms with Crippen molar-refractivity contribution >= 4 is 16.9 Å². The number of fused-ring (bicyclic) bond motifs is 1. The summed E-state index contributed by atoms with van der Waals surface area (Å²) < 4.78 is 0. The van der Waals surface area contributed by atoms with Gasteiger partial charge in [-0.2, -0.15) is 0 Å². The summed E-state index contributed by atoms with van der Waals surface area (Å²) >= 11 is 0. The first-order chi connectivity index (χ1) is 8.75. The Kier molecular flexibility index (Phi) is 4.44. The third-order valence-electron chi connectivity index (χ3n) is 2.50. The van der Waals surface area contributed by atoms with Crippen LogP contribution in [0.15, 0.2) is 30.5 Å². The molecule has 0 amide bonds. The number of aliphatic hydroxyl groups excluding tert-OH is 1. The minimum atomic E-state index is -0.314. The lowest BCUT2D eigenvalue weighted by Gasteiger charge is -2.08. The molecule has 2 aromatic rings. The van der Waals surface area contributed by atoms with Crippen LogP contribution in [0.5, 0.6) is 0 Å². The average Bonchev–Trinajstić information content (AvgIpc) is 2.38. The normalized spacial score (nSPS) is 12.6. The number of anilines is 1. The summed E-state index contributed by atoms with van der Waals surface area (Å²) in [5.41, 5.74) is 1.79. The molecule has 1 heterocycles. The summed E-state index contributed by atoms with van der Waals surface area (Å²) in [6, 6.07) is 7.78. The van der Waals surface area contributed by atoms with Crippen LogP contribution < -0.4 is 10.6 Å². The lowest BCUT2D eigenvalue weighted by molar-refractivity contribution is 0.192. The molecule has 0 aliphatic heterocycles. The molecule has 3 N–H and O–H groups in total. The van der Waals surface area contributed by atoms with E-state index in [0.717, 1.165) is 29.9 Å². The van der Waals surface area contributed by atoms with E-state index in [1.54, 1.807) is 13.1 Å². The summed E-state index contributed by atoms with van der Waals surface area (Å²) in [5.74, 6) is 0.771. The highest BCUT2D eigenvalue weighted by Gasteiger charge is 1.98. The topological polar surface area (TPSA) is 70.1 Å². The second-order valence-electron chi connectivity index (χ2n) is 4.22. The summed E-state index contributed by atoms with van der Waals surface area (Å²) in [5, 5.41) is 15.4. The van der Waals surface area contributed by atoms with E-state index < -0.39 is 0 Å². The fourth-order valence-electron chi connectivity index (χ4n) is 1.63. The molecule has 1 aromatic heterocycles. The number of hydrogen-bond acceptors (Lipinski definition) is 5. The van der Waals surface area contributed by atoms with Crippen LogP contribution in [0, 0.1) is 0 Å². The maximum atomic E-state index is 9.08. The predicted molar refractivity (Wildman–Crippen MR) is 72.6 cm³/mol. The summed E-state index contributed by atoms with van der Waals surface area (Å²) in [7, 11) is 0. The zero-order chi connectivity index (χ0) is 12.8. The summed E-state index contributed by atoms with van der Waals surface area (Å²) in [4.78, 5) is 8.78. The molecule has 0 spiro atoms. The van der Waals surface area contributed by atoms with Gasteiger partial charge in [0.05, 0.1) is 23.3 Å². The Morgan fingerprint density at radius 2 is 2.00 bits per heavy atom. The molecule has 0 aliphatic rings. The van der Waals surface area contributed by atoms with Crippen LogP contribution in [0.25, 0.3) is 11.0 Å². The molecule has 0 saturated carbocycles. The lowest BCUT2D eigenvalue weighted by Crippen LogP contribution is -2.29. The van der Waals surface area contributed by atoms with Crippen LogP contribution in [0.4, 0.5) is 5.82 Å². The molecule has 0 fully saturated rings. The van der Waals surface area contributed by atoms with Crippen molar-refractivity contribution in [2.75, 3.05) is 25.0 Å². The van der Waals surface area contributed by atoms with Gasteiger partial charge in [0.25, 0.3) is 0 Å². The predicted octanol–water partition coefficient (Wildman–Crippen LogP) is 1.01.